The molecule has 0 aliphatic heterocycles. The number of carbonyl (C=O) groups is 1. The molecule has 1 aliphatic carbocycles. The molecule has 0 unspecified atom stereocenters. The molecule has 1 saturated carbocycles. The minimum atomic E-state index is -4.38. The standard InChI is InChI=1S/C26H30F3NO2/c1-18(2)32-24(31)16-21-10-6-7-11-23(30-17-19-8-4-3-5-9-19)25(21)20-12-14-22(15-13-20)26(27,28)29/h3-5,8-9,12-15,18,21,25H,6-7,10-11,16-17H2,1-2H3/t21-,25-/m1/s1. The zero-order chi connectivity index (χ0) is 23.1. The van der Waals surface area contributed by atoms with Crippen molar-refractivity contribution >= 4 is 11.7 Å². The molecule has 2 aromatic carbocycles. The number of benzene rings is 2. The van der Waals surface area contributed by atoms with Crippen molar-refractivity contribution in [2.45, 2.75) is 70.7 Å². The van der Waals surface area contributed by atoms with Crippen molar-refractivity contribution in [2.75, 3.05) is 0 Å². The van der Waals surface area contributed by atoms with Gasteiger partial charge in [-0.15, -0.1) is 0 Å². The summed E-state index contributed by atoms with van der Waals surface area (Å²) in [5.74, 6) is -0.538. The third kappa shape index (κ3) is 6.68. The first kappa shape index (κ1) is 24.0. The van der Waals surface area contributed by atoms with Crippen LogP contribution in [-0.2, 0) is 22.3 Å². The maximum absolute atomic E-state index is 13.1. The number of ether oxygens (including phenoxy) is 1. The molecule has 0 aromatic heterocycles. The third-order valence-electron chi connectivity index (χ3n) is 5.79. The second kappa shape index (κ2) is 10.8. The van der Waals surface area contributed by atoms with Crippen molar-refractivity contribution in [3.63, 3.8) is 0 Å². The van der Waals surface area contributed by atoms with Gasteiger partial charge in [0.05, 0.1) is 18.2 Å². The highest BCUT2D eigenvalue weighted by Gasteiger charge is 2.34. The maximum Gasteiger partial charge on any atom is 0.416 e. The number of aliphatic imine (C=N–C) groups is 1. The highest BCUT2D eigenvalue weighted by Crippen LogP contribution is 2.39. The van der Waals surface area contributed by atoms with Gasteiger partial charge in [-0.05, 0) is 62.3 Å². The molecular formula is C26H30F3NO2. The predicted octanol–water partition coefficient (Wildman–Crippen LogP) is 6.96. The fourth-order valence-corrected chi connectivity index (χ4v) is 4.35. The summed E-state index contributed by atoms with van der Waals surface area (Å²) in [6.07, 6.45) is -0.885. The molecule has 0 spiro atoms. The first-order chi connectivity index (χ1) is 15.2. The molecule has 1 fully saturated rings. The zero-order valence-corrected chi connectivity index (χ0v) is 18.6. The minimum absolute atomic E-state index is 0.0602. The van der Waals surface area contributed by atoms with Crippen LogP contribution >= 0.6 is 0 Å². The van der Waals surface area contributed by atoms with Crippen molar-refractivity contribution in [2.24, 2.45) is 10.9 Å². The molecule has 0 heterocycles. The number of nitrogens with zero attached hydrogens (tertiary/aromatic N) is 1. The van der Waals surface area contributed by atoms with Crippen LogP contribution in [-0.4, -0.2) is 17.8 Å². The highest BCUT2D eigenvalue weighted by atomic mass is 19.4. The lowest BCUT2D eigenvalue weighted by molar-refractivity contribution is -0.148. The lowest BCUT2D eigenvalue weighted by Gasteiger charge is -2.27. The summed E-state index contributed by atoms with van der Waals surface area (Å²) in [6.45, 7) is 4.13. The summed E-state index contributed by atoms with van der Waals surface area (Å²) in [4.78, 5) is 17.4. The maximum atomic E-state index is 13.1. The van der Waals surface area contributed by atoms with Gasteiger partial charge in [-0.25, -0.2) is 0 Å². The molecule has 32 heavy (non-hydrogen) atoms. The van der Waals surface area contributed by atoms with Crippen LogP contribution < -0.4 is 0 Å². The van der Waals surface area contributed by atoms with E-state index in [1.165, 1.54) is 12.1 Å². The van der Waals surface area contributed by atoms with Crippen LogP contribution in [0.2, 0.25) is 0 Å². The summed E-state index contributed by atoms with van der Waals surface area (Å²) >= 11 is 0. The quantitative estimate of drug-likeness (QED) is 0.356. The molecule has 2 atom stereocenters. The topological polar surface area (TPSA) is 38.7 Å². The summed E-state index contributed by atoms with van der Waals surface area (Å²) < 4.78 is 44.7. The minimum Gasteiger partial charge on any atom is -0.463 e. The van der Waals surface area contributed by atoms with E-state index in [0.717, 1.165) is 54.7 Å². The van der Waals surface area contributed by atoms with E-state index in [9.17, 15) is 18.0 Å². The summed E-state index contributed by atoms with van der Waals surface area (Å²) in [5.41, 5.74) is 2.13. The zero-order valence-electron chi connectivity index (χ0n) is 18.6. The van der Waals surface area contributed by atoms with E-state index in [-0.39, 0.29) is 30.3 Å². The van der Waals surface area contributed by atoms with Crippen molar-refractivity contribution < 1.29 is 22.7 Å². The molecular weight excluding hydrogens is 415 g/mol. The van der Waals surface area contributed by atoms with Crippen molar-refractivity contribution in [3.05, 3.63) is 71.3 Å². The second-order valence-corrected chi connectivity index (χ2v) is 8.64. The molecule has 0 amide bonds. The number of halogens is 3. The number of hydrogen-bond acceptors (Lipinski definition) is 3. The van der Waals surface area contributed by atoms with Crippen LogP contribution in [0.3, 0.4) is 0 Å². The van der Waals surface area contributed by atoms with E-state index >= 15 is 0 Å². The molecule has 0 radical (unpaired) electrons. The average Bonchev–Trinajstić information content (AvgIpc) is 2.94. The summed E-state index contributed by atoms with van der Waals surface area (Å²) in [5, 5.41) is 0. The second-order valence-electron chi connectivity index (χ2n) is 8.64. The highest BCUT2D eigenvalue weighted by molar-refractivity contribution is 5.92. The third-order valence-corrected chi connectivity index (χ3v) is 5.79. The van der Waals surface area contributed by atoms with Gasteiger partial charge in [-0.1, -0.05) is 48.9 Å². The SMILES string of the molecule is CC(C)OC(=O)C[C@H]1CCCCC(=NCc2ccccc2)[C@@H]1c1ccc(C(F)(F)F)cc1. The molecule has 6 heteroatoms. The van der Waals surface area contributed by atoms with Crippen LogP contribution in [0.1, 0.15) is 68.6 Å². The van der Waals surface area contributed by atoms with Gasteiger partial charge >= 0.3 is 12.1 Å². The lowest BCUT2D eigenvalue weighted by Crippen LogP contribution is -2.25. The van der Waals surface area contributed by atoms with Crippen LogP contribution in [0.5, 0.6) is 0 Å². The van der Waals surface area contributed by atoms with Crippen LogP contribution in [0.4, 0.5) is 13.2 Å². The lowest BCUT2D eigenvalue weighted by atomic mass is 9.79. The van der Waals surface area contributed by atoms with Gasteiger partial charge in [0.2, 0.25) is 0 Å². The number of esters is 1. The van der Waals surface area contributed by atoms with E-state index in [4.69, 9.17) is 9.73 Å². The Kier molecular flexibility index (Phi) is 8.10. The average molecular weight is 446 g/mol. The number of hydrogen-bond donors (Lipinski definition) is 0. The Bertz CT molecular complexity index is 905. The van der Waals surface area contributed by atoms with Crippen LogP contribution in [0.15, 0.2) is 59.6 Å². The van der Waals surface area contributed by atoms with E-state index < -0.39 is 11.7 Å². The summed E-state index contributed by atoms with van der Waals surface area (Å²) in [6, 6.07) is 15.2. The van der Waals surface area contributed by atoms with Gasteiger partial charge in [0.25, 0.3) is 0 Å². The van der Waals surface area contributed by atoms with Gasteiger partial charge in [-0.3, -0.25) is 9.79 Å². The van der Waals surface area contributed by atoms with Gasteiger partial charge in [-0.2, -0.15) is 13.2 Å². The molecule has 0 saturated heterocycles. The number of rotatable bonds is 6. The molecule has 3 nitrogen and oxygen atoms in total. The molecule has 1 aliphatic rings. The largest absolute Gasteiger partial charge is 0.463 e. The monoisotopic (exact) mass is 445 g/mol. The van der Waals surface area contributed by atoms with Gasteiger partial charge < -0.3 is 4.74 Å². The van der Waals surface area contributed by atoms with Crippen molar-refractivity contribution in [1.82, 2.24) is 0 Å². The molecule has 2 aromatic rings. The van der Waals surface area contributed by atoms with Gasteiger partial charge in [0, 0.05) is 18.1 Å². The fourth-order valence-electron chi connectivity index (χ4n) is 4.35. The van der Waals surface area contributed by atoms with E-state index in [1.807, 2.05) is 44.2 Å². The Morgan fingerprint density at radius 1 is 1.06 bits per heavy atom. The molecule has 0 bridgehead atoms. The fraction of sp³-hybridized carbons (Fsp3) is 0.462. The predicted molar refractivity (Wildman–Crippen MR) is 120 cm³/mol. The first-order valence-electron chi connectivity index (χ1n) is 11.2. The van der Waals surface area contributed by atoms with Crippen molar-refractivity contribution in [1.29, 1.82) is 0 Å². The molecule has 0 N–H and O–H groups in total. The normalized spacial score (nSPS) is 20.9. The first-order valence-corrected chi connectivity index (χ1v) is 11.2. The van der Waals surface area contributed by atoms with E-state index in [1.54, 1.807) is 0 Å². The molecule has 3 rings (SSSR count). The van der Waals surface area contributed by atoms with Gasteiger partial charge in [0.15, 0.2) is 0 Å². The van der Waals surface area contributed by atoms with Gasteiger partial charge in [0.1, 0.15) is 0 Å². The Hall–Kier alpha value is -2.63. The Morgan fingerprint density at radius 3 is 2.38 bits per heavy atom. The van der Waals surface area contributed by atoms with Crippen LogP contribution in [0.25, 0.3) is 0 Å². The Labute approximate surface area is 187 Å². The Morgan fingerprint density at radius 2 is 1.75 bits per heavy atom. The number of carbonyl (C=O) groups excluding carboxylic acids is 1. The smallest absolute Gasteiger partial charge is 0.416 e. The molecule has 172 valence electrons. The number of alkyl halides is 3. The van der Waals surface area contributed by atoms with E-state index in [0.29, 0.717) is 6.54 Å². The Balaban J connectivity index is 1.94. The summed E-state index contributed by atoms with van der Waals surface area (Å²) in [7, 11) is 0. The van der Waals surface area contributed by atoms with E-state index in [2.05, 4.69) is 0 Å². The van der Waals surface area contributed by atoms with Crippen molar-refractivity contribution in [3.8, 4) is 0 Å². The van der Waals surface area contributed by atoms with Crippen LogP contribution in [0, 0.1) is 5.92 Å².